The van der Waals surface area contributed by atoms with Crippen LogP contribution < -0.4 is 5.32 Å². The standard InChI is InChI=1S/C6H13NO/c1-5(7-3)6(2)8-4/h6-7H,1H2,2-4H3/t6-/m0/s1. The van der Waals surface area contributed by atoms with Gasteiger partial charge in [0.2, 0.25) is 0 Å². The molecule has 2 nitrogen and oxygen atoms in total. The summed E-state index contributed by atoms with van der Waals surface area (Å²) in [5.74, 6) is 0. The molecule has 0 amide bonds. The summed E-state index contributed by atoms with van der Waals surface area (Å²) in [4.78, 5) is 0. The molecule has 0 saturated heterocycles. The van der Waals surface area contributed by atoms with Gasteiger partial charge in [-0.3, -0.25) is 0 Å². The summed E-state index contributed by atoms with van der Waals surface area (Å²) in [6, 6.07) is 0. The molecule has 0 spiro atoms. The molecule has 48 valence electrons. The van der Waals surface area contributed by atoms with Crippen molar-refractivity contribution >= 4 is 0 Å². The largest absolute Gasteiger partial charge is 0.390 e. The Morgan fingerprint density at radius 3 is 2.38 bits per heavy atom. The van der Waals surface area contributed by atoms with Gasteiger partial charge in [-0.2, -0.15) is 0 Å². The van der Waals surface area contributed by atoms with Crippen LogP contribution in [0, 0.1) is 0 Å². The van der Waals surface area contributed by atoms with Crippen molar-refractivity contribution in [3.05, 3.63) is 12.3 Å². The lowest BCUT2D eigenvalue weighted by molar-refractivity contribution is 0.142. The van der Waals surface area contributed by atoms with Crippen LogP contribution in [0.5, 0.6) is 0 Å². The van der Waals surface area contributed by atoms with Crippen LogP contribution in [0.3, 0.4) is 0 Å². The van der Waals surface area contributed by atoms with Crippen molar-refractivity contribution in [3.8, 4) is 0 Å². The molecular weight excluding hydrogens is 102 g/mol. The van der Waals surface area contributed by atoms with Crippen LogP contribution >= 0.6 is 0 Å². The monoisotopic (exact) mass is 115 g/mol. The lowest BCUT2D eigenvalue weighted by atomic mass is 10.3. The van der Waals surface area contributed by atoms with E-state index in [9.17, 15) is 0 Å². The maximum Gasteiger partial charge on any atom is 0.0931 e. The number of hydrogen-bond acceptors (Lipinski definition) is 2. The number of nitrogens with one attached hydrogen (secondary N) is 1. The van der Waals surface area contributed by atoms with Gasteiger partial charge in [-0.25, -0.2) is 0 Å². The van der Waals surface area contributed by atoms with Gasteiger partial charge in [-0.15, -0.1) is 0 Å². The Labute approximate surface area is 50.5 Å². The minimum atomic E-state index is 0.111. The Hall–Kier alpha value is -0.500. The molecule has 8 heavy (non-hydrogen) atoms. The Morgan fingerprint density at radius 2 is 2.25 bits per heavy atom. The summed E-state index contributed by atoms with van der Waals surface area (Å²) >= 11 is 0. The van der Waals surface area contributed by atoms with Crippen LogP contribution in [-0.2, 0) is 4.74 Å². The molecule has 0 aliphatic rings. The first-order valence-corrected chi connectivity index (χ1v) is 2.61. The summed E-state index contributed by atoms with van der Waals surface area (Å²) in [5, 5.41) is 2.90. The molecule has 1 N–H and O–H groups in total. The van der Waals surface area contributed by atoms with E-state index in [-0.39, 0.29) is 6.10 Å². The molecule has 0 bridgehead atoms. The van der Waals surface area contributed by atoms with Crippen molar-refractivity contribution in [1.29, 1.82) is 0 Å². The third-order valence-electron chi connectivity index (χ3n) is 1.17. The predicted molar refractivity (Wildman–Crippen MR) is 34.7 cm³/mol. The quantitative estimate of drug-likeness (QED) is 0.586. The molecule has 1 atom stereocenters. The average molecular weight is 115 g/mol. The molecule has 0 aromatic rings. The number of methoxy groups -OCH3 is 1. The second kappa shape index (κ2) is 3.50. The van der Waals surface area contributed by atoms with Gasteiger partial charge >= 0.3 is 0 Å². The molecule has 0 aliphatic heterocycles. The van der Waals surface area contributed by atoms with Gasteiger partial charge in [0.05, 0.1) is 6.10 Å². The lowest BCUT2D eigenvalue weighted by Gasteiger charge is -2.10. The smallest absolute Gasteiger partial charge is 0.0931 e. The van der Waals surface area contributed by atoms with Gasteiger partial charge in [0, 0.05) is 19.9 Å². The molecule has 0 rings (SSSR count). The zero-order valence-electron chi connectivity index (χ0n) is 5.69. The fraction of sp³-hybridized carbons (Fsp3) is 0.667. The minimum Gasteiger partial charge on any atom is -0.390 e. The van der Waals surface area contributed by atoms with Crippen molar-refractivity contribution in [3.63, 3.8) is 0 Å². The van der Waals surface area contributed by atoms with E-state index in [1.165, 1.54) is 0 Å². The summed E-state index contributed by atoms with van der Waals surface area (Å²) in [6.07, 6.45) is 0.111. The Balaban J connectivity index is 3.46. The van der Waals surface area contributed by atoms with E-state index in [0.29, 0.717) is 0 Å². The van der Waals surface area contributed by atoms with E-state index < -0.39 is 0 Å². The van der Waals surface area contributed by atoms with Crippen LogP contribution in [-0.4, -0.2) is 20.3 Å². The number of hydrogen-bond donors (Lipinski definition) is 1. The van der Waals surface area contributed by atoms with Crippen molar-refractivity contribution < 1.29 is 4.74 Å². The maximum absolute atomic E-state index is 4.94. The Bertz CT molecular complexity index is 80.6. The topological polar surface area (TPSA) is 21.3 Å². The molecule has 0 saturated carbocycles. The van der Waals surface area contributed by atoms with Crippen LogP contribution in [0.4, 0.5) is 0 Å². The van der Waals surface area contributed by atoms with Crippen LogP contribution in [0.15, 0.2) is 12.3 Å². The highest BCUT2D eigenvalue weighted by Gasteiger charge is 1.99. The third-order valence-corrected chi connectivity index (χ3v) is 1.17. The molecular formula is C6H13NO. The first-order chi connectivity index (χ1) is 3.72. The maximum atomic E-state index is 4.94. The molecule has 0 fully saturated rings. The van der Waals surface area contributed by atoms with Crippen LogP contribution in [0.1, 0.15) is 6.92 Å². The molecule has 2 heteroatoms. The second-order valence-electron chi connectivity index (χ2n) is 1.65. The summed E-state index contributed by atoms with van der Waals surface area (Å²) in [7, 11) is 3.49. The van der Waals surface area contributed by atoms with E-state index in [0.717, 1.165) is 5.70 Å². The molecule has 0 unspecified atom stereocenters. The van der Waals surface area contributed by atoms with Gasteiger partial charge < -0.3 is 10.1 Å². The zero-order chi connectivity index (χ0) is 6.57. The normalized spacial score (nSPS) is 12.9. The lowest BCUT2D eigenvalue weighted by Crippen LogP contribution is -2.18. The van der Waals surface area contributed by atoms with E-state index in [2.05, 4.69) is 11.9 Å². The first kappa shape index (κ1) is 7.50. The van der Waals surface area contributed by atoms with Crippen LogP contribution in [0.2, 0.25) is 0 Å². The highest BCUT2D eigenvalue weighted by Crippen LogP contribution is 1.95. The predicted octanol–water partition coefficient (Wildman–Crippen LogP) is 0.754. The van der Waals surface area contributed by atoms with Crippen molar-refractivity contribution in [2.75, 3.05) is 14.2 Å². The number of ether oxygens (including phenoxy) is 1. The SMILES string of the molecule is C=C(NC)[C@H](C)OC. The fourth-order valence-corrected chi connectivity index (χ4v) is 0.346. The van der Waals surface area contributed by atoms with E-state index in [1.807, 2.05) is 14.0 Å². The van der Waals surface area contributed by atoms with Gasteiger partial charge in [-0.05, 0) is 6.92 Å². The average Bonchev–Trinajstić information content (AvgIpc) is 1.84. The zero-order valence-corrected chi connectivity index (χ0v) is 5.69. The fourth-order valence-electron chi connectivity index (χ4n) is 0.346. The van der Waals surface area contributed by atoms with Gasteiger partial charge in [0.15, 0.2) is 0 Å². The molecule has 0 aromatic heterocycles. The number of rotatable bonds is 3. The minimum absolute atomic E-state index is 0.111. The van der Waals surface area contributed by atoms with Crippen molar-refractivity contribution in [1.82, 2.24) is 5.32 Å². The molecule has 0 aromatic carbocycles. The second-order valence-corrected chi connectivity index (χ2v) is 1.65. The first-order valence-electron chi connectivity index (χ1n) is 2.61. The van der Waals surface area contributed by atoms with E-state index >= 15 is 0 Å². The Morgan fingerprint density at radius 1 is 1.75 bits per heavy atom. The van der Waals surface area contributed by atoms with E-state index in [1.54, 1.807) is 7.11 Å². The summed E-state index contributed by atoms with van der Waals surface area (Å²) in [5.41, 5.74) is 0.910. The summed E-state index contributed by atoms with van der Waals surface area (Å²) < 4.78 is 4.94. The van der Waals surface area contributed by atoms with Gasteiger partial charge in [0.25, 0.3) is 0 Å². The Kier molecular flexibility index (Phi) is 3.28. The van der Waals surface area contributed by atoms with Crippen LogP contribution in [0.25, 0.3) is 0 Å². The summed E-state index contributed by atoms with van der Waals surface area (Å²) in [6.45, 7) is 5.65. The third kappa shape index (κ3) is 1.98. The van der Waals surface area contributed by atoms with E-state index in [4.69, 9.17) is 4.74 Å². The highest BCUT2D eigenvalue weighted by molar-refractivity contribution is 4.95. The van der Waals surface area contributed by atoms with Gasteiger partial charge in [0.1, 0.15) is 0 Å². The molecule has 0 heterocycles. The molecule has 0 aliphatic carbocycles. The van der Waals surface area contributed by atoms with Crippen molar-refractivity contribution in [2.24, 2.45) is 0 Å². The van der Waals surface area contributed by atoms with Crippen molar-refractivity contribution in [2.45, 2.75) is 13.0 Å². The highest BCUT2D eigenvalue weighted by atomic mass is 16.5. The van der Waals surface area contributed by atoms with Gasteiger partial charge in [-0.1, -0.05) is 6.58 Å². The number of likely N-dealkylation sites (N-methyl/N-ethyl adjacent to an activating group) is 1. The molecule has 0 radical (unpaired) electrons.